The number of aryl methyl sites for hydroxylation is 3. The molecule has 8 nitrogen and oxygen atoms in total. The van der Waals surface area contributed by atoms with E-state index in [1.54, 1.807) is 46.4 Å². The third kappa shape index (κ3) is 11.9. The first-order chi connectivity index (χ1) is 19.0. The number of carbonyl (C=O) groups excluding carboxylic acids is 1. The molecule has 0 amide bonds. The van der Waals surface area contributed by atoms with Crippen LogP contribution in [0.1, 0.15) is 90.5 Å². The van der Waals surface area contributed by atoms with Crippen LogP contribution >= 0.6 is 0 Å². The lowest BCUT2D eigenvalue weighted by Gasteiger charge is -2.26. The SMILES string of the molecule is CCC(C)C(=Nc1cc(CNC(C(=O)OC(C)(C)C)C(C)O)ccc1C)c1cc(C)c(=O)n(C)c1.CCC(C)OC. The van der Waals surface area contributed by atoms with E-state index in [9.17, 15) is 14.7 Å². The first-order valence-electron chi connectivity index (χ1n) is 14.6. The number of carbonyl (C=O) groups is 1. The number of ether oxygens (including phenoxy) is 2. The molecule has 1 heterocycles. The summed E-state index contributed by atoms with van der Waals surface area (Å²) in [6.07, 6.45) is 3.39. The molecule has 4 unspecified atom stereocenters. The van der Waals surface area contributed by atoms with Gasteiger partial charge in [-0.2, -0.15) is 0 Å². The maximum Gasteiger partial charge on any atom is 0.326 e. The standard InChI is InChI=1S/C28H41N3O4.C5H12O/c1-10-17(2)24(22-13-19(4)26(33)31(9)16-22)30-23-14-21(12-11-18(23)3)15-29-25(20(5)32)27(34)35-28(6,7)8;1-4-5(2)6-3/h11-14,16-17,20,25,29,32H,10,15H2,1-9H3;5H,4H2,1-3H3. The number of nitrogens with zero attached hydrogens (tertiary/aromatic N) is 2. The van der Waals surface area contributed by atoms with Gasteiger partial charge >= 0.3 is 5.97 Å². The molecule has 8 heteroatoms. The van der Waals surface area contributed by atoms with Crippen molar-refractivity contribution in [2.75, 3.05) is 7.11 Å². The van der Waals surface area contributed by atoms with Gasteiger partial charge in [-0.15, -0.1) is 0 Å². The zero-order valence-electron chi connectivity index (χ0n) is 27.3. The maximum absolute atomic E-state index is 12.5. The predicted octanol–water partition coefficient (Wildman–Crippen LogP) is 5.78. The van der Waals surface area contributed by atoms with Crippen molar-refractivity contribution in [1.29, 1.82) is 0 Å². The lowest BCUT2D eigenvalue weighted by molar-refractivity contribution is -0.160. The molecule has 0 fully saturated rings. The lowest BCUT2D eigenvalue weighted by Crippen LogP contribution is -2.47. The Kier molecular flexibility index (Phi) is 14.7. The van der Waals surface area contributed by atoms with Crippen LogP contribution in [0.15, 0.2) is 40.2 Å². The molecule has 0 bridgehead atoms. The third-order valence-corrected chi connectivity index (χ3v) is 6.90. The van der Waals surface area contributed by atoms with Crippen LogP contribution in [0.2, 0.25) is 0 Å². The molecule has 0 radical (unpaired) electrons. The van der Waals surface area contributed by atoms with Gasteiger partial charge in [0.25, 0.3) is 5.56 Å². The van der Waals surface area contributed by atoms with Gasteiger partial charge in [0.2, 0.25) is 0 Å². The fraction of sp³-hybridized carbons (Fsp3) is 0.606. The minimum atomic E-state index is -0.905. The number of aromatic nitrogens is 1. The zero-order chi connectivity index (χ0) is 31.5. The molecular weight excluding hydrogens is 518 g/mol. The monoisotopic (exact) mass is 571 g/mol. The molecule has 1 aromatic heterocycles. The summed E-state index contributed by atoms with van der Waals surface area (Å²) in [5.74, 6) is -0.290. The van der Waals surface area contributed by atoms with Crippen molar-refractivity contribution in [3.8, 4) is 0 Å². The third-order valence-electron chi connectivity index (χ3n) is 6.90. The number of methoxy groups -OCH3 is 1. The molecule has 230 valence electrons. The van der Waals surface area contributed by atoms with Crippen LogP contribution in [0, 0.1) is 19.8 Å². The Morgan fingerprint density at radius 3 is 2.17 bits per heavy atom. The summed E-state index contributed by atoms with van der Waals surface area (Å²) in [4.78, 5) is 29.8. The van der Waals surface area contributed by atoms with Gasteiger partial charge in [-0.1, -0.05) is 32.9 Å². The fourth-order valence-corrected chi connectivity index (χ4v) is 3.90. The minimum Gasteiger partial charge on any atom is -0.459 e. The Morgan fingerprint density at radius 1 is 1.07 bits per heavy atom. The first-order valence-corrected chi connectivity index (χ1v) is 14.6. The molecule has 2 rings (SSSR count). The number of benzene rings is 1. The van der Waals surface area contributed by atoms with Gasteiger partial charge in [-0.3, -0.25) is 19.9 Å². The normalized spacial score (nSPS) is 14.9. The lowest BCUT2D eigenvalue weighted by atomic mass is 9.96. The molecule has 4 atom stereocenters. The van der Waals surface area contributed by atoms with Crippen molar-refractivity contribution in [2.24, 2.45) is 18.0 Å². The van der Waals surface area contributed by atoms with Crippen molar-refractivity contribution in [3.05, 3.63) is 63.1 Å². The van der Waals surface area contributed by atoms with E-state index >= 15 is 0 Å². The Bertz CT molecular complexity index is 1180. The van der Waals surface area contributed by atoms with Crippen molar-refractivity contribution >= 4 is 17.4 Å². The maximum atomic E-state index is 12.5. The second-order valence-corrected chi connectivity index (χ2v) is 11.8. The highest BCUT2D eigenvalue weighted by Crippen LogP contribution is 2.25. The molecule has 0 aliphatic rings. The average Bonchev–Trinajstić information content (AvgIpc) is 2.89. The summed E-state index contributed by atoms with van der Waals surface area (Å²) in [5.41, 5.74) is 4.68. The summed E-state index contributed by atoms with van der Waals surface area (Å²) in [6, 6.07) is 7.04. The molecule has 0 saturated heterocycles. The first kappa shape index (κ1) is 36.2. The summed E-state index contributed by atoms with van der Waals surface area (Å²) < 4.78 is 12.0. The molecule has 0 spiro atoms. The van der Waals surface area contributed by atoms with E-state index in [1.807, 2.05) is 44.3 Å². The second kappa shape index (κ2) is 16.6. The number of aliphatic imine (C=N–C) groups is 1. The van der Waals surface area contributed by atoms with E-state index in [4.69, 9.17) is 14.5 Å². The number of aliphatic hydroxyl groups is 1. The Labute approximate surface area is 247 Å². The largest absolute Gasteiger partial charge is 0.459 e. The fourth-order valence-electron chi connectivity index (χ4n) is 3.90. The van der Waals surface area contributed by atoms with Crippen LogP contribution in [-0.2, 0) is 27.9 Å². The molecule has 0 aliphatic heterocycles. The van der Waals surface area contributed by atoms with E-state index in [0.29, 0.717) is 18.2 Å². The highest BCUT2D eigenvalue weighted by Gasteiger charge is 2.28. The minimum absolute atomic E-state index is 0.0147. The molecular formula is C33H53N3O5. The van der Waals surface area contributed by atoms with Crippen LogP contribution in [-0.4, -0.2) is 52.3 Å². The Balaban J connectivity index is 0.00000126. The van der Waals surface area contributed by atoms with Gasteiger partial charge in [0.15, 0.2) is 0 Å². The van der Waals surface area contributed by atoms with E-state index in [1.165, 1.54) is 0 Å². The van der Waals surface area contributed by atoms with Gasteiger partial charge in [-0.05, 0) is 90.5 Å². The Hall–Kier alpha value is -2.81. The van der Waals surface area contributed by atoms with Crippen molar-refractivity contribution < 1.29 is 19.4 Å². The molecule has 1 aromatic carbocycles. The highest BCUT2D eigenvalue weighted by molar-refractivity contribution is 6.03. The second-order valence-electron chi connectivity index (χ2n) is 11.8. The van der Waals surface area contributed by atoms with E-state index < -0.39 is 23.7 Å². The van der Waals surface area contributed by atoms with Crippen LogP contribution in [0.5, 0.6) is 0 Å². The van der Waals surface area contributed by atoms with Crippen LogP contribution < -0.4 is 10.9 Å². The summed E-state index contributed by atoms with van der Waals surface area (Å²) in [5, 5.41) is 13.3. The Morgan fingerprint density at radius 2 is 1.71 bits per heavy atom. The van der Waals surface area contributed by atoms with Gasteiger partial charge < -0.3 is 19.1 Å². The number of nitrogens with one attached hydrogen (secondary N) is 1. The van der Waals surface area contributed by atoms with Crippen LogP contribution in [0.4, 0.5) is 5.69 Å². The smallest absolute Gasteiger partial charge is 0.326 e. The van der Waals surface area contributed by atoms with E-state index in [0.717, 1.165) is 40.9 Å². The summed E-state index contributed by atoms with van der Waals surface area (Å²) >= 11 is 0. The number of hydrogen-bond acceptors (Lipinski definition) is 7. The highest BCUT2D eigenvalue weighted by atomic mass is 16.6. The summed E-state index contributed by atoms with van der Waals surface area (Å²) in [6.45, 7) is 19.6. The quantitative estimate of drug-likeness (QED) is 0.262. The van der Waals surface area contributed by atoms with Crippen LogP contribution in [0.25, 0.3) is 0 Å². The van der Waals surface area contributed by atoms with Crippen molar-refractivity contribution in [2.45, 2.75) is 112 Å². The number of rotatable bonds is 11. The zero-order valence-corrected chi connectivity index (χ0v) is 27.3. The van der Waals surface area contributed by atoms with Gasteiger partial charge in [-0.25, -0.2) is 0 Å². The number of hydrogen-bond donors (Lipinski definition) is 2. The van der Waals surface area contributed by atoms with Gasteiger partial charge in [0.05, 0.1) is 23.6 Å². The molecule has 0 aliphatic carbocycles. The van der Waals surface area contributed by atoms with Crippen LogP contribution in [0.3, 0.4) is 0 Å². The topological polar surface area (TPSA) is 102 Å². The van der Waals surface area contributed by atoms with Gasteiger partial charge in [0.1, 0.15) is 11.6 Å². The van der Waals surface area contributed by atoms with E-state index in [-0.39, 0.29) is 11.5 Å². The number of pyridine rings is 1. The molecule has 2 N–H and O–H groups in total. The van der Waals surface area contributed by atoms with Gasteiger partial charge in [0, 0.05) is 38.0 Å². The van der Waals surface area contributed by atoms with Crippen molar-refractivity contribution in [1.82, 2.24) is 9.88 Å². The van der Waals surface area contributed by atoms with Crippen molar-refractivity contribution in [3.63, 3.8) is 0 Å². The predicted molar refractivity (Wildman–Crippen MR) is 168 cm³/mol. The molecule has 2 aromatic rings. The average molecular weight is 572 g/mol. The summed E-state index contributed by atoms with van der Waals surface area (Å²) in [7, 11) is 3.49. The number of esters is 1. The molecule has 41 heavy (non-hydrogen) atoms. The van der Waals surface area contributed by atoms with E-state index in [2.05, 4.69) is 33.0 Å². The number of aliphatic hydroxyl groups excluding tert-OH is 1. The molecule has 0 saturated carbocycles.